The molecule has 3 nitrogen and oxygen atoms in total. The fourth-order valence-electron chi connectivity index (χ4n) is 0.306. The van der Waals surface area contributed by atoms with Crippen molar-refractivity contribution in [3.63, 3.8) is 0 Å². The molecule has 0 rings (SSSR count). The van der Waals surface area contributed by atoms with E-state index in [4.69, 9.17) is 10.1 Å². The van der Waals surface area contributed by atoms with Crippen molar-refractivity contribution in [3.8, 4) is 0 Å². The molecule has 0 amide bonds. The quantitative estimate of drug-likeness (QED) is 0.315. The van der Waals surface area contributed by atoms with Crippen LogP contribution in [0.2, 0.25) is 0 Å². The second kappa shape index (κ2) is 4.59. The lowest BCUT2D eigenvalue weighted by atomic mass is 10.7. The monoisotopic (exact) mass is 116 g/mol. The molecular weight excluding hydrogens is 104 g/mol. The van der Waals surface area contributed by atoms with E-state index in [1.165, 1.54) is 0 Å². The summed E-state index contributed by atoms with van der Waals surface area (Å²) in [6.07, 6.45) is 0. The summed E-state index contributed by atoms with van der Waals surface area (Å²) in [4.78, 5) is 0. The second-order valence-corrected chi connectivity index (χ2v) is 1.51. The molecule has 0 aromatic heterocycles. The number of ether oxygens (including phenoxy) is 1. The maximum Gasteiger partial charge on any atom is 0.177 e. The van der Waals surface area contributed by atoms with Crippen LogP contribution in [0.15, 0.2) is 0 Å². The van der Waals surface area contributed by atoms with Crippen LogP contribution in [-0.2, 0) is 4.74 Å². The van der Waals surface area contributed by atoms with Crippen molar-refractivity contribution in [2.45, 2.75) is 6.92 Å². The van der Waals surface area contributed by atoms with Crippen molar-refractivity contribution in [1.29, 1.82) is 5.41 Å². The maximum absolute atomic E-state index is 6.82. The van der Waals surface area contributed by atoms with E-state index in [0.717, 1.165) is 6.54 Å². The first kappa shape index (κ1) is 7.43. The van der Waals surface area contributed by atoms with Crippen molar-refractivity contribution in [2.75, 3.05) is 20.2 Å². The summed E-state index contributed by atoms with van der Waals surface area (Å²) in [6.45, 7) is 3.01. The van der Waals surface area contributed by atoms with Crippen LogP contribution in [0, 0.1) is 5.41 Å². The second-order valence-electron chi connectivity index (χ2n) is 1.51. The van der Waals surface area contributed by atoms with Gasteiger partial charge in [0.15, 0.2) is 5.90 Å². The van der Waals surface area contributed by atoms with Crippen LogP contribution < -0.4 is 5.32 Å². The highest BCUT2D eigenvalue weighted by Gasteiger charge is 1.83. The van der Waals surface area contributed by atoms with Crippen LogP contribution >= 0.6 is 0 Å². The van der Waals surface area contributed by atoms with Gasteiger partial charge < -0.3 is 10.1 Å². The van der Waals surface area contributed by atoms with Gasteiger partial charge in [0.2, 0.25) is 0 Å². The summed E-state index contributed by atoms with van der Waals surface area (Å²) < 4.78 is 4.80. The molecule has 0 aromatic rings. The Morgan fingerprint density at radius 2 is 2.38 bits per heavy atom. The van der Waals surface area contributed by atoms with Gasteiger partial charge in [-0.25, -0.2) is 0 Å². The van der Waals surface area contributed by atoms with E-state index in [0.29, 0.717) is 6.61 Å². The first-order valence-corrected chi connectivity index (χ1v) is 2.60. The van der Waals surface area contributed by atoms with E-state index in [1.54, 1.807) is 6.92 Å². The predicted octanol–water partition coefficient (Wildman–Crippen LogP) is 0.220. The summed E-state index contributed by atoms with van der Waals surface area (Å²) in [5, 5.41) is 9.72. The van der Waals surface area contributed by atoms with E-state index in [2.05, 4.69) is 5.32 Å². The first-order valence-electron chi connectivity index (χ1n) is 2.60. The molecular formula is C5H12N2O. The Kier molecular flexibility index (Phi) is 4.26. The van der Waals surface area contributed by atoms with E-state index < -0.39 is 0 Å². The summed E-state index contributed by atoms with van der Waals surface area (Å²) in [5.74, 6) is 0.278. The summed E-state index contributed by atoms with van der Waals surface area (Å²) in [6, 6.07) is 0. The van der Waals surface area contributed by atoms with Crippen molar-refractivity contribution >= 4 is 5.90 Å². The molecule has 0 aliphatic rings. The molecule has 0 heterocycles. The molecule has 3 heteroatoms. The molecule has 0 aliphatic carbocycles. The molecule has 0 fully saturated rings. The SMILES string of the molecule is CNCCOC(C)=N. The van der Waals surface area contributed by atoms with Gasteiger partial charge in [0, 0.05) is 13.5 Å². The van der Waals surface area contributed by atoms with Gasteiger partial charge >= 0.3 is 0 Å². The van der Waals surface area contributed by atoms with Crippen LogP contribution in [0.25, 0.3) is 0 Å². The highest BCUT2D eigenvalue weighted by atomic mass is 16.5. The van der Waals surface area contributed by atoms with Gasteiger partial charge in [0.25, 0.3) is 0 Å². The molecule has 0 unspecified atom stereocenters. The maximum atomic E-state index is 6.82. The lowest BCUT2D eigenvalue weighted by Crippen LogP contribution is -2.15. The third-order valence-corrected chi connectivity index (χ3v) is 0.671. The molecule has 2 N–H and O–H groups in total. The summed E-state index contributed by atoms with van der Waals surface area (Å²) in [7, 11) is 1.85. The normalized spacial score (nSPS) is 8.75. The zero-order valence-corrected chi connectivity index (χ0v) is 5.32. The zero-order chi connectivity index (χ0) is 6.41. The Bertz CT molecular complexity index is 72.8. The van der Waals surface area contributed by atoms with Gasteiger partial charge in [0.1, 0.15) is 6.61 Å². The van der Waals surface area contributed by atoms with E-state index in [-0.39, 0.29) is 5.90 Å². The van der Waals surface area contributed by atoms with Crippen molar-refractivity contribution in [1.82, 2.24) is 5.32 Å². The van der Waals surface area contributed by atoms with Gasteiger partial charge in [-0.05, 0) is 7.05 Å². The first-order chi connectivity index (χ1) is 3.77. The molecule has 0 atom stereocenters. The minimum atomic E-state index is 0.278. The number of hydrogen-bond acceptors (Lipinski definition) is 3. The lowest BCUT2D eigenvalue weighted by molar-refractivity contribution is 0.300. The van der Waals surface area contributed by atoms with Gasteiger partial charge in [-0.15, -0.1) is 0 Å². The topological polar surface area (TPSA) is 45.1 Å². The Balaban J connectivity index is 2.82. The average molecular weight is 116 g/mol. The average Bonchev–Trinajstić information content (AvgIpc) is 1.66. The van der Waals surface area contributed by atoms with Crippen LogP contribution in [0.1, 0.15) is 6.92 Å². The van der Waals surface area contributed by atoms with E-state index >= 15 is 0 Å². The van der Waals surface area contributed by atoms with Crippen LogP contribution in [0.4, 0.5) is 0 Å². The molecule has 0 aromatic carbocycles. The Morgan fingerprint density at radius 3 is 2.75 bits per heavy atom. The van der Waals surface area contributed by atoms with Gasteiger partial charge in [-0.2, -0.15) is 0 Å². The minimum absolute atomic E-state index is 0.278. The number of hydrogen-bond donors (Lipinski definition) is 2. The zero-order valence-electron chi connectivity index (χ0n) is 5.32. The molecule has 48 valence electrons. The Labute approximate surface area is 49.5 Å². The fourth-order valence-corrected chi connectivity index (χ4v) is 0.306. The van der Waals surface area contributed by atoms with Gasteiger partial charge in [-0.1, -0.05) is 0 Å². The van der Waals surface area contributed by atoms with Crippen LogP contribution in [0.5, 0.6) is 0 Å². The van der Waals surface area contributed by atoms with Crippen LogP contribution in [-0.4, -0.2) is 26.1 Å². The third kappa shape index (κ3) is 5.43. The molecule has 0 saturated heterocycles. The van der Waals surface area contributed by atoms with Crippen molar-refractivity contribution < 1.29 is 4.74 Å². The molecule has 0 spiro atoms. The molecule has 0 saturated carbocycles. The summed E-state index contributed by atoms with van der Waals surface area (Å²) in [5.41, 5.74) is 0. The highest BCUT2D eigenvalue weighted by Crippen LogP contribution is 1.72. The largest absolute Gasteiger partial charge is 0.480 e. The minimum Gasteiger partial charge on any atom is -0.480 e. The number of likely N-dealkylation sites (N-methyl/N-ethyl adjacent to an activating group) is 1. The van der Waals surface area contributed by atoms with E-state index in [1.807, 2.05) is 7.05 Å². The van der Waals surface area contributed by atoms with Crippen molar-refractivity contribution in [3.05, 3.63) is 0 Å². The van der Waals surface area contributed by atoms with Gasteiger partial charge in [-0.3, -0.25) is 5.41 Å². The van der Waals surface area contributed by atoms with Gasteiger partial charge in [0.05, 0.1) is 0 Å². The predicted molar refractivity (Wildman–Crippen MR) is 33.3 cm³/mol. The molecule has 8 heavy (non-hydrogen) atoms. The Morgan fingerprint density at radius 1 is 1.75 bits per heavy atom. The Hall–Kier alpha value is -0.570. The summed E-state index contributed by atoms with van der Waals surface area (Å²) >= 11 is 0. The number of nitrogens with one attached hydrogen (secondary N) is 2. The molecule has 0 radical (unpaired) electrons. The highest BCUT2D eigenvalue weighted by molar-refractivity contribution is 5.69. The standard InChI is InChI=1S/C5H12N2O/c1-5(6)8-4-3-7-2/h6-7H,3-4H2,1-2H3. The lowest BCUT2D eigenvalue weighted by Gasteiger charge is -2.00. The van der Waals surface area contributed by atoms with E-state index in [9.17, 15) is 0 Å². The fraction of sp³-hybridized carbons (Fsp3) is 0.800. The smallest absolute Gasteiger partial charge is 0.177 e. The molecule has 0 aliphatic heterocycles. The number of rotatable bonds is 3. The van der Waals surface area contributed by atoms with Crippen molar-refractivity contribution in [2.24, 2.45) is 0 Å². The third-order valence-electron chi connectivity index (χ3n) is 0.671. The molecule has 0 bridgehead atoms. The van der Waals surface area contributed by atoms with Crippen LogP contribution in [0.3, 0.4) is 0 Å².